The summed E-state index contributed by atoms with van der Waals surface area (Å²) in [5.41, 5.74) is 3.82. The number of fused-ring (bicyclic) bond motifs is 3. The minimum atomic E-state index is 0.705. The van der Waals surface area contributed by atoms with Crippen LogP contribution in [-0.2, 0) is 0 Å². The standard InChI is InChI=1S/C18H11ClN2/c19-13-8-9-14-15(11-13)17(12-5-2-1-3-6-12)21-16-7-4-10-20-18(14)16/h1-11H. The Hall–Kier alpha value is -2.45. The maximum absolute atomic E-state index is 6.18. The Morgan fingerprint density at radius 3 is 2.52 bits per heavy atom. The Balaban J connectivity index is 2.20. The molecule has 0 aliphatic rings. The largest absolute Gasteiger partial charge is 0.254 e. The van der Waals surface area contributed by atoms with Crippen molar-refractivity contribution in [1.82, 2.24) is 9.97 Å². The molecule has 0 amide bonds. The molecule has 3 heteroatoms. The zero-order valence-electron chi connectivity index (χ0n) is 11.1. The first-order valence-electron chi connectivity index (χ1n) is 6.72. The van der Waals surface area contributed by atoms with Crippen molar-refractivity contribution in [3.05, 3.63) is 71.9 Å². The SMILES string of the molecule is Clc1ccc2c(c1)c(-c1ccccc1)nc1cccnc12. The molecule has 2 nitrogen and oxygen atoms in total. The van der Waals surface area contributed by atoms with E-state index in [0.29, 0.717) is 5.02 Å². The molecule has 0 N–H and O–H groups in total. The molecule has 0 saturated heterocycles. The van der Waals surface area contributed by atoms with Gasteiger partial charge in [-0.05, 0) is 24.3 Å². The average molecular weight is 291 g/mol. The van der Waals surface area contributed by atoms with Crippen molar-refractivity contribution in [2.24, 2.45) is 0 Å². The van der Waals surface area contributed by atoms with Gasteiger partial charge in [0, 0.05) is 27.6 Å². The van der Waals surface area contributed by atoms with E-state index in [9.17, 15) is 0 Å². The molecule has 4 rings (SSSR count). The Bertz CT molecular complexity index is 949. The molecule has 4 aromatic rings. The van der Waals surface area contributed by atoms with E-state index in [-0.39, 0.29) is 0 Å². The van der Waals surface area contributed by atoms with Crippen LogP contribution in [0.4, 0.5) is 0 Å². The molecule has 0 fully saturated rings. The van der Waals surface area contributed by atoms with E-state index in [4.69, 9.17) is 16.6 Å². The predicted molar refractivity (Wildman–Crippen MR) is 87.5 cm³/mol. The van der Waals surface area contributed by atoms with Crippen LogP contribution in [0.1, 0.15) is 0 Å². The van der Waals surface area contributed by atoms with Gasteiger partial charge in [-0.2, -0.15) is 0 Å². The molecule has 0 unspecified atom stereocenters. The molecule has 0 saturated carbocycles. The first-order chi connectivity index (χ1) is 10.3. The van der Waals surface area contributed by atoms with Crippen LogP contribution in [0.25, 0.3) is 33.1 Å². The Morgan fingerprint density at radius 1 is 0.810 bits per heavy atom. The summed E-state index contributed by atoms with van der Waals surface area (Å²) in [6, 6.07) is 19.9. The number of aromatic nitrogens is 2. The monoisotopic (exact) mass is 290 g/mol. The third-order valence-corrected chi connectivity index (χ3v) is 3.79. The average Bonchev–Trinajstić information content (AvgIpc) is 2.54. The molecule has 0 spiro atoms. The van der Waals surface area contributed by atoms with Crippen molar-refractivity contribution in [3.8, 4) is 11.3 Å². The number of benzene rings is 2. The van der Waals surface area contributed by atoms with Crippen LogP contribution in [0.2, 0.25) is 5.02 Å². The second kappa shape index (κ2) is 4.83. The van der Waals surface area contributed by atoms with Crippen LogP contribution >= 0.6 is 11.6 Å². The van der Waals surface area contributed by atoms with Crippen LogP contribution in [0.15, 0.2) is 66.9 Å². The first-order valence-corrected chi connectivity index (χ1v) is 7.10. The number of hydrogen-bond acceptors (Lipinski definition) is 2. The number of nitrogens with zero attached hydrogens (tertiary/aromatic N) is 2. The Morgan fingerprint density at radius 2 is 1.67 bits per heavy atom. The summed E-state index contributed by atoms with van der Waals surface area (Å²) in [6.07, 6.45) is 1.79. The number of pyridine rings is 2. The summed E-state index contributed by atoms with van der Waals surface area (Å²) in [5, 5.41) is 2.81. The van der Waals surface area contributed by atoms with Crippen LogP contribution < -0.4 is 0 Å². The summed E-state index contributed by atoms with van der Waals surface area (Å²) in [7, 11) is 0. The highest BCUT2D eigenvalue weighted by molar-refractivity contribution is 6.31. The highest BCUT2D eigenvalue weighted by Crippen LogP contribution is 2.32. The lowest BCUT2D eigenvalue weighted by Gasteiger charge is -2.09. The van der Waals surface area contributed by atoms with E-state index < -0.39 is 0 Å². The zero-order valence-corrected chi connectivity index (χ0v) is 11.9. The van der Waals surface area contributed by atoms with Crippen LogP contribution in [0.5, 0.6) is 0 Å². The lowest BCUT2D eigenvalue weighted by molar-refractivity contribution is 1.36. The van der Waals surface area contributed by atoms with Crippen molar-refractivity contribution in [2.45, 2.75) is 0 Å². The summed E-state index contributed by atoms with van der Waals surface area (Å²) in [6.45, 7) is 0. The van der Waals surface area contributed by atoms with Gasteiger partial charge >= 0.3 is 0 Å². The summed E-state index contributed by atoms with van der Waals surface area (Å²) < 4.78 is 0. The smallest absolute Gasteiger partial charge is 0.0965 e. The molecular weight excluding hydrogens is 280 g/mol. The van der Waals surface area contributed by atoms with Gasteiger partial charge in [-0.3, -0.25) is 4.98 Å². The van der Waals surface area contributed by atoms with Gasteiger partial charge in [-0.15, -0.1) is 0 Å². The summed E-state index contributed by atoms with van der Waals surface area (Å²) in [5.74, 6) is 0. The van der Waals surface area contributed by atoms with Crippen LogP contribution in [0.3, 0.4) is 0 Å². The van der Waals surface area contributed by atoms with E-state index in [2.05, 4.69) is 17.1 Å². The lowest BCUT2D eigenvalue weighted by Crippen LogP contribution is -1.91. The third kappa shape index (κ3) is 2.05. The fourth-order valence-corrected chi connectivity index (χ4v) is 2.78. The highest BCUT2D eigenvalue weighted by atomic mass is 35.5. The molecule has 0 radical (unpaired) electrons. The van der Waals surface area contributed by atoms with Gasteiger partial charge < -0.3 is 0 Å². The van der Waals surface area contributed by atoms with Crippen molar-refractivity contribution >= 4 is 33.4 Å². The molecule has 0 atom stereocenters. The molecule has 0 aliphatic heterocycles. The maximum Gasteiger partial charge on any atom is 0.0965 e. The molecule has 0 bridgehead atoms. The fraction of sp³-hybridized carbons (Fsp3) is 0. The number of rotatable bonds is 1. The van der Waals surface area contributed by atoms with E-state index in [1.165, 1.54) is 0 Å². The van der Waals surface area contributed by atoms with Gasteiger partial charge in [-0.25, -0.2) is 4.98 Å². The van der Waals surface area contributed by atoms with E-state index >= 15 is 0 Å². The van der Waals surface area contributed by atoms with Gasteiger partial charge in [0.1, 0.15) is 0 Å². The minimum absolute atomic E-state index is 0.705. The molecule has 2 aromatic heterocycles. The summed E-state index contributed by atoms with van der Waals surface area (Å²) >= 11 is 6.18. The van der Waals surface area contributed by atoms with Crippen molar-refractivity contribution in [3.63, 3.8) is 0 Å². The Labute approximate surface area is 127 Å². The van der Waals surface area contributed by atoms with Gasteiger partial charge in [0.05, 0.1) is 16.7 Å². The second-order valence-electron chi connectivity index (χ2n) is 4.89. The van der Waals surface area contributed by atoms with Crippen LogP contribution in [0, 0.1) is 0 Å². The molecule has 2 aromatic carbocycles. The van der Waals surface area contributed by atoms with Gasteiger partial charge in [0.2, 0.25) is 0 Å². The van der Waals surface area contributed by atoms with Crippen molar-refractivity contribution < 1.29 is 0 Å². The zero-order chi connectivity index (χ0) is 14.2. The molecule has 21 heavy (non-hydrogen) atoms. The molecule has 2 heterocycles. The number of halogens is 1. The highest BCUT2D eigenvalue weighted by Gasteiger charge is 2.11. The maximum atomic E-state index is 6.18. The van der Waals surface area contributed by atoms with Crippen LogP contribution in [-0.4, -0.2) is 9.97 Å². The van der Waals surface area contributed by atoms with Gasteiger partial charge in [0.15, 0.2) is 0 Å². The number of hydrogen-bond donors (Lipinski definition) is 0. The van der Waals surface area contributed by atoms with E-state index in [1.54, 1.807) is 6.20 Å². The topological polar surface area (TPSA) is 25.8 Å². The second-order valence-corrected chi connectivity index (χ2v) is 5.32. The molecule has 0 aliphatic carbocycles. The quantitative estimate of drug-likeness (QED) is 0.456. The summed E-state index contributed by atoms with van der Waals surface area (Å²) in [4.78, 5) is 9.26. The van der Waals surface area contributed by atoms with Crippen molar-refractivity contribution in [1.29, 1.82) is 0 Å². The molecule has 100 valence electrons. The molecular formula is C18H11ClN2. The van der Waals surface area contributed by atoms with E-state index in [0.717, 1.165) is 33.1 Å². The third-order valence-electron chi connectivity index (χ3n) is 3.56. The van der Waals surface area contributed by atoms with Gasteiger partial charge in [-0.1, -0.05) is 48.0 Å². The minimum Gasteiger partial charge on any atom is -0.254 e. The Kier molecular flexibility index (Phi) is 2.83. The van der Waals surface area contributed by atoms with E-state index in [1.807, 2.05) is 48.5 Å². The van der Waals surface area contributed by atoms with Crippen molar-refractivity contribution in [2.75, 3.05) is 0 Å². The predicted octanol–water partition coefficient (Wildman–Crippen LogP) is 5.10. The lowest BCUT2D eigenvalue weighted by atomic mass is 10.0. The first kappa shape index (κ1) is 12.3. The van der Waals surface area contributed by atoms with Gasteiger partial charge in [0.25, 0.3) is 0 Å². The normalized spacial score (nSPS) is 11.1. The fourth-order valence-electron chi connectivity index (χ4n) is 2.61.